The van der Waals surface area contributed by atoms with Crippen molar-refractivity contribution >= 4 is 0 Å². The van der Waals surface area contributed by atoms with Crippen LogP contribution in [0, 0.1) is 45.8 Å². The molecule has 0 bridgehead atoms. The Morgan fingerprint density at radius 3 is 2.47 bits per heavy atom. The Bertz CT molecular complexity index is 653. The van der Waals surface area contributed by atoms with Crippen LogP contribution in [-0.4, -0.2) is 22.9 Å². The fourth-order valence-corrected chi connectivity index (χ4v) is 8.99. The van der Waals surface area contributed by atoms with Crippen LogP contribution in [0.15, 0.2) is 11.6 Å². The highest BCUT2D eigenvalue weighted by Gasteiger charge is 2.62. The molecule has 3 saturated carbocycles. The van der Waals surface area contributed by atoms with Gasteiger partial charge < -0.3 is 10.2 Å². The zero-order valence-corrected chi connectivity index (χ0v) is 20.4. The van der Waals surface area contributed by atoms with E-state index in [1.807, 2.05) is 0 Å². The lowest BCUT2D eigenvalue weighted by Gasteiger charge is -2.62. The molecule has 0 aromatic heterocycles. The molecule has 4 rings (SSSR count). The van der Waals surface area contributed by atoms with Gasteiger partial charge in [-0.2, -0.15) is 0 Å². The number of aliphatic hydroxyl groups is 2. The van der Waals surface area contributed by atoms with Gasteiger partial charge in [0.05, 0.1) is 6.10 Å². The van der Waals surface area contributed by atoms with Crippen LogP contribution in [0.5, 0.6) is 0 Å². The van der Waals surface area contributed by atoms with Gasteiger partial charge >= 0.3 is 0 Å². The molecule has 0 aromatic carbocycles. The summed E-state index contributed by atoms with van der Waals surface area (Å²) in [5, 5.41) is 20.9. The van der Waals surface area contributed by atoms with Crippen LogP contribution in [0.1, 0.15) is 105 Å². The first kappa shape index (κ1) is 22.8. The molecule has 8 atom stereocenters. The van der Waals surface area contributed by atoms with Gasteiger partial charge in [-0.25, -0.2) is 0 Å². The van der Waals surface area contributed by atoms with Gasteiger partial charge in [0.15, 0.2) is 0 Å². The maximum Gasteiger partial charge on any atom is 0.0547 e. The van der Waals surface area contributed by atoms with Crippen molar-refractivity contribution in [2.75, 3.05) is 6.61 Å². The Morgan fingerprint density at radius 1 is 1.00 bits per heavy atom. The first-order valence-electron chi connectivity index (χ1n) is 13.2. The summed E-state index contributed by atoms with van der Waals surface area (Å²) < 4.78 is 0. The van der Waals surface area contributed by atoms with Crippen molar-refractivity contribution in [3.8, 4) is 0 Å². The first-order valence-corrected chi connectivity index (χ1v) is 13.2. The average Bonchev–Trinajstić information content (AvgIpc) is 3.05. The average molecular weight is 417 g/mol. The fourth-order valence-electron chi connectivity index (χ4n) is 8.99. The summed E-state index contributed by atoms with van der Waals surface area (Å²) in [5.41, 5.74) is 2.30. The van der Waals surface area contributed by atoms with Gasteiger partial charge in [0.1, 0.15) is 0 Å². The van der Waals surface area contributed by atoms with Gasteiger partial charge in [0.2, 0.25) is 0 Å². The molecule has 0 unspecified atom stereocenters. The van der Waals surface area contributed by atoms with Gasteiger partial charge in [-0.1, -0.05) is 65.5 Å². The third-order valence-corrected chi connectivity index (χ3v) is 10.9. The van der Waals surface area contributed by atoms with Gasteiger partial charge in [-0.05, 0) is 91.8 Å². The molecule has 0 heterocycles. The van der Waals surface area contributed by atoms with Crippen molar-refractivity contribution in [2.45, 2.75) is 111 Å². The summed E-state index contributed by atoms with van der Waals surface area (Å²) in [5.74, 6) is 3.93. The summed E-state index contributed by atoms with van der Waals surface area (Å²) in [6.07, 6.45) is 15.7. The van der Waals surface area contributed by atoms with Crippen LogP contribution in [0.25, 0.3) is 0 Å². The Balaban J connectivity index is 1.56. The van der Waals surface area contributed by atoms with Crippen molar-refractivity contribution < 1.29 is 10.2 Å². The van der Waals surface area contributed by atoms with E-state index in [1.165, 1.54) is 44.9 Å². The zero-order chi connectivity index (χ0) is 21.7. The molecule has 0 spiro atoms. The van der Waals surface area contributed by atoms with Gasteiger partial charge in [0, 0.05) is 12.0 Å². The van der Waals surface area contributed by atoms with Crippen LogP contribution in [-0.2, 0) is 0 Å². The van der Waals surface area contributed by atoms with E-state index in [0.29, 0.717) is 11.3 Å². The van der Waals surface area contributed by atoms with Crippen LogP contribution in [0.4, 0.5) is 0 Å². The highest BCUT2D eigenvalue weighted by Crippen LogP contribution is 2.69. The standard InChI is InChI=1S/C28H48O2/c1-19(2)7-6-8-20(3)23-9-10-24-22-12-16-28(18-29)17-21(30)11-15-27(28,5)25(22)13-14-26(23,24)4/h12,19-21,23-25,29-30H,6-11,13-18H2,1-5H3/t20-,21+,23-,24+,25+,26-,27-,28+/m1/s1. The largest absolute Gasteiger partial charge is 0.396 e. The number of fused-ring (bicyclic) bond motifs is 5. The van der Waals surface area contributed by atoms with E-state index < -0.39 is 0 Å². The molecular formula is C28H48O2. The Labute approximate surface area is 185 Å². The third kappa shape index (κ3) is 3.43. The van der Waals surface area contributed by atoms with E-state index in [-0.39, 0.29) is 23.5 Å². The second kappa shape index (κ2) is 8.22. The molecule has 0 saturated heterocycles. The summed E-state index contributed by atoms with van der Waals surface area (Å²) >= 11 is 0. The minimum absolute atomic E-state index is 0.102. The smallest absolute Gasteiger partial charge is 0.0547 e. The summed E-state index contributed by atoms with van der Waals surface area (Å²) in [4.78, 5) is 0. The van der Waals surface area contributed by atoms with E-state index in [4.69, 9.17) is 0 Å². The summed E-state index contributed by atoms with van der Waals surface area (Å²) in [6, 6.07) is 0. The first-order chi connectivity index (χ1) is 14.2. The number of aliphatic hydroxyl groups excluding tert-OH is 2. The van der Waals surface area contributed by atoms with Gasteiger partial charge in [-0.15, -0.1) is 0 Å². The molecule has 2 nitrogen and oxygen atoms in total. The Hall–Kier alpha value is -0.340. The fraction of sp³-hybridized carbons (Fsp3) is 0.929. The molecule has 0 radical (unpaired) electrons. The van der Waals surface area contributed by atoms with Crippen molar-refractivity contribution in [2.24, 2.45) is 45.8 Å². The number of allylic oxidation sites excluding steroid dienone is 2. The Morgan fingerprint density at radius 2 is 1.77 bits per heavy atom. The predicted molar refractivity (Wildman–Crippen MR) is 125 cm³/mol. The molecule has 2 N–H and O–H groups in total. The molecule has 0 aromatic rings. The van der Waals surface area contributed by atoms with E-state index in [9.17, 15) is 10.2 Å². The topological polar surface area (TPSA) is 40.5 Å². The monoisotopic (exact) mass is 416 g/mol. The SMILES string of the molecule is CC(C)CCC[C@@H](C)[C@H]1CC[C@H]2C3=CC[C@@]4(CO)C[C@@H](O)CC[C@]4(C)[C@H]3CC[C@]12C. The lowest BCUT2D eigenvalue weighted by atomic mass is 9.42. The lowest BCUT2D eigenvalue weighted by Crippen LogP contribution is -2.57. The highest BCUT2D eigenvalue weighted by atomic mass is 16.3. The van der Waals surface area contributed by atoms with E-state index in [0.717, 1.165) is 49.4 Å². The van der Waals surface area contributed by atoms with Crippen LogP contribution in [0.2, 0.25) is 0 Å². The second-order valence-electron chi connectivity index (χ2n) is 12.8. The third-order valence-electron chi connectivity index (χ3n) is 10.9. The predicted octanol–water partition coefficient (Wildman–Crippen LogP) is 6.75. The molecule has 3 fully saturated rings. The highest BCUT2D eigenvalue weighted by molar-refractivity contribution is 5.30. The Kier molecular flexibility index (Phi) is 6.26. The van der Waals surface area contributed by atoms with Gasteiger partial charge in [-0.3, -0.25) is 0 Å². The quantitative estimate of drug-likeness (QED) is 0.470. The van der Waals surface area contributed by atoms with Crippen molar-refractivity contribution in [1.29, 1.82) is 0 Å². The van der Waals surface area contributed by atoms with E-state index >= 15 is 0 Å². The summed E-state index contributed by atoms with van der Waals surface area (Å²) in [7, 11) is 0. The molecule has 172 valence electrons. The maximum atomic E-state index is 10.5. The molecule has 2 heteroatoms. The molecule has 0 amide bonds. The van der Waals surface area contributed by atoms with Gasteiger partial charge in [0.25, 0.3) is 0 Å². The minimum Gasteiger partial charge on any atom is -0.396 e. The molecular weight excluding hydrogens is 368 g/mol. The number of hydrogen-bond donors (Lipinski definition) is 2. The zero-order valence-electron chi connectivity index (χ0n) is 20.4. The van der Waals surface area contributed by atoms with E-state index in [2.05, 4.69) is 40.7 Å². The second-order valence-corrected chi connectivity index (χ2v) is 12.8. The molecule has 30 heavy (non-hydrogen) atoms. The number of hydrogen-bond acceptors (Lipinski definition) is 2. The number of rotatable bonds is 6. The maximum absolute atomic E-state index is 10.5. The molecule has 0 aliphatic heterocycles. The van der Waals surface area contributed by atoms with Crippen molar-refractivity contribution in [1.82, 2.24) is 0 Å². The van der Waals surface area contributed by atoms with Crippen LogP contribution < -0.4 is 0 Å². The summed E-state index contributed by atoms with van der Waals surface area (Å²) in [6.45, 7) is 12.6. The van der Waals surface area contributed by atoms with Crippen molar-refractivity contribution in [3.63, 3.8) is 0 Å². The minimum atomic E-state index is -0.225. The van der Waals surface area contributed by atoms with E-state index in [1.54, 1.807) is 5.57 Å². The normalized spacial score (nSPS) is 46.7. The molecule has 4 aliphatic carbocycles. The lowest BCUT2D eigenvalue weighted by molar-refractivity contribution is -0.129. The van der Waals surface area contributed by atoms with Crippen LogP contribution >= 0.6 is 0 Å². The van der Waals surface area contributed by atoms with Crippen molar-refractivity contribution in [3.05, 3.63) is 11.6 Å². The molecule has 4 aliphatic rings. The van der Waals surface area contributed by atoms with Crippen LogP contribution in [0.3, 0.4) is 0 Å².